The Hall–Kier alpha value is -9.38. The van der Waals surface area contributed by atoms with Gasteiger partial charge in [0.2, 0.25) is 0 Å². The number of aryl methyl sites for hydroxylation is 7. The molecule has 0 spiro atoms. The molecule has 4 aliphatic rings. The summed E-state index contributed by atoms with van der Waals surface area (Å²) in [5, 5.41) is 7.80. The molecule has 127 heavy (non-hydrogen) atoms. The Morgan fingerprint density at radius 3 is 1.03 bits per heavy atom. The van der Waals surface area contributed by atoms with Crippen molar-refractivity contribution in [3.8, 4) is 5.75 Å². The predicted molar refractivity (Wildman–Crippen MR) is 529 cm³/mol. The molecule has 17 heteroatoms. The molecule has 9 aromatic carbocycles. The van der Waals surface area contributed by atoms with Crippen molar-refractivity contribution in [2.75, 3.05) is 85.6 Å². The van der Waals surface area contributed by atoms with Crippen LogP contribution in [-0.4, -0.2) is 147 Å². The van der Waals surface area contributed by atoms with E-state index in [1.165, 1.54) is 120 Å². The molecule has 0 amide bonds. The van der Waals surface area contributed by atoms with Gasteiger partial charge in [-0.25, -0.2) is 0 Å². The number of aromatic nitrogens is 4. The number of hydrogen-bond donors (Lipinski definition) is 0. The number of Topliss-reactive ketones (excluding diaryl/α,β-unsaturated/α-hetero) is 4. The zero-order valence-corrected chi connectivity index (χ0v) is 78.7. The number of hydrogen-bond acceptors (Lipinski definition) is 9. The molecule has 666 valence electrons. The Morgan fingerprint density at radius 2 is 0.654 bits per heavy atom. The first-order valence-corrected chi connectivity index (χ1v) is 48.1. The molecule has 0 radical (unpaired) electrons. The highest BCUT2D eigenvalue weighted by Gasteiger charge is 2.28. The minimum absolute atomic E-state index is 0.140. The summed E-state index contributed by atoms with van der Waals surface area (Å²) in [6.45, 7) is 28.7. The topological polar surface area (TPSA) is 110 Å². The van der Waals surface area contributed by atoms with Crippen LogP contribution in [0.5, 0.6) is 5.75 Å². The van der Waals surface area contributed by atoms with E-state index < -0.39 is 0 Å². The fourth-order valence-electron chi connectivity index (χ4n) is 20.6. The predicted octanol–water partition coefficient (Wildman–Crippen LogP) is 25.4. The fraction of sp³-hybridized carbons (Fsp3) is 0.400. The molecular weight excluding hydrogens is 1660 g/mol. The largest absolute Gasteiger partial charge is 0.495 e. The van der Waals surface area contributed by atoms with E-state index >= 15 is 0 Å². The third kappa shape index (κ3) is 24.6. The number of fused-ring (bicyclic) bond motifs is 4. The first kappa shape index (κ1) is 93.8. The van der Waals surface area contributed by atoms with E-state index in [0.29, 0.717) is 30.1 Å². The molecule has 4 aliphatic heterocycles. The highest BCUT2D eigenvalue weighted by molar-refractivity contribution is 6.32. The van der Waals surface area contributed by atoms with Crippen molar-refractivity contribution in [3.05, 3.63) is 312 Å². The Balaban J connectivity index is 0.000000138. The molecule has 8 heterocycles. The molecule has 4 saturated heterocycles. The summed E-state index contributed by atoms with van der Waals surface area (Å²) in [5.74, 6) is 4.07. The van der Waals surface area contributed by atoms with Crippen molar-refractivity contribution >= 4 is 113 Å². The van der Waals surface area contributed by atoms with Gasteiger partial charge in [-0.3, -0.25) is 19.2 Å². The summed E-state index contributed by atoms with van der Waals surface area (Å²) in [4.78, 5) is 60.0. The van der Waals surface area contributed by atoms with Crippen LogP contribution in [0.15, 0.2) is 225 Å². The number of rotatable bonds is 32. The second-order valence-corrected chi connectivity index (χ2v) is 37.8. The monoisotopic (exact) mass is 1780 g/mol. The van der Waals surface area contributed by atoms with E-state index in [9.17, 15) is 19.2 Å². The molecule has 13 nitrogen and oxygen atoms in total. The lowest BCUT2D eigenvalue weighted by Gasteiger charge is -2.33. The standard InChI is InChI=1S/C32H35ClN2O2.C27H33ClN2O.C26H31ClN2O.C25H29ClN2O/c1-37-31-16-7-14-27-28(30(36)21-24-10-3-2-4-11-24)23-35(32(27)31)19-9-18-34-17-8-12-25(22-34)20-26-13-5-6-15-29(26)33;1-3-22-11-6-12-24-25(20(2)31)19-30(27(22)24)16-8-15-29-14-7-9-21(18-29)17-23-10-4-5-13-26(23)28;1-19-8-5-11-23-24(20(2)30)18-29(26(19)23)15-7-14-28-13-6-9-21(17-28)16-22-10-3-4-12-25(22)27;1-18-7-5-9-22-23(19(2)29)17-28(25(18)22)13-6-12-27-14-11-20(16-27)15-21-8-3-4-10-24(21)26/h2-7,10-11,13-16,23,25H,8-9,12,17-22H2,1H3;4-6,10-13,19,21H,3,7-9,14-18H2,1-2H3;3-5,8,10-12,18,21H,6-7,9,13-17H2,1-2H3;3-5,7-10,17,20H,6,11-16H2,1-2H3. The summed E-state index contributed by atoms with van der Waals surface area (Å²) in [7, 11) is 1.70. The van der Waals surface area contributed by atoms with Crippen LogP contribution in [0.25, 0.3) is 43.6 Å². The van der Waals surface area contributed by atoms with Crippen molar-refractivity contribution in [3.63, 3.8) is 0 Å². The SMILES string of the molecule is CC(=O)c1cn(CCCN2CCC(Cc3ccccc3Cl)C2)c2c(C)cccc12.CC(=O)c1cn(CCCN2CCCC(Cc3ccccc3Cl)C2)c2c(C)cccc12.CCc1cccc2c(C(C)=O)cn(CCCN3CCCC(Cc4ccccc4Cl)C3)c12.COc1cccc2c(C(=O)Cc3ccccc3)cn(CCCN3CCCC(Cc4ccccc4Cl)C3)c12. The van der Waals surface area contributed by atoms with E-state index in [2.05, 4.69) is 162 Å². The van der Waals surface area contributed by atoms with Gasteiger partial charge in [0.15, 0.2) is 23.1 Å². The quantitative estimate of drug-likeness (QED) is 0.0381. The lowest BCUT2D eigenvalue weighted by Crippen LogP contribution is -2.37. The maximum Gasteiger partial charge on any atom is 0.169 e. The van der Waals surface area contributed by atoms with Gasteiger partial charge in [0.05, 0.1) is 29.2 Å². The van der Waals surface area contributed by atoms with Crippen LogP contribution >= 0.6 is 46.4 Å². The summed E-state index contributed by atoms with van der Waals surface area (Å²) in [6.07, 6.45) is 27.0. The number of piperidine rings is 3. The van der Waals surface area contributed by atoms with E-state index in [1.54, 1.807) is 27.9 Å². The zero-order chi connectivity index (χ0) is 88.9. The lowest BCUT2D eigenvalue weighted by atomic mass is 9.91. The first-order valence-electron chi connectivity index (χ1n) is 46.6. The van der Waals surface area contributed by atoms with Crippen LogP contribution in [0.4, 0.5) is 0 Å². The van der Waals surface area contributed by atoms with Gasteiger partial charge in [-0.05, 0) is 288 Å². The number of ether oxygens (including phenoxy) is 1. The Kier molecular flexibility index (Phi) is 33.8. The van der Waals surface area contributed by atoms with E-state index in [0.717, 1.165) is 224 Å². The van der Waals surface area contributed by atoms with Gasteiger partial charge in [-0.2, -0.15) is 0 Å². The number of carbonyl (C=O) groups excluding carboxylic acids is 4. The van der Waals surface area contributed by atoms with Crippen LogP contribution in [-0.2, 0) is 64.7 Å². The number of benzene rings is 9. The third-order valence-electron chi connectivity index (χ3n) is 26.8. The van der Waals surface area contributed by atoms with Crippen molar-refractivity contribution in [2.45, 2.75) is 177 Å². The molecule has 4 unspecified atom stereocenters. The second kappa shape index (κ2) is 45.7. The average molecular weight is 1780 g/mol. The van der Waals surface area contributed by atoms with Gasteiger partial charge in [-0.15, -0.1) is 0 Å². The Labute approximate surface area is 773 Å². The zero-order valence-electron chi connectivity index (χ0n) is 75.6. The number of halogens is 4. The summed E-state index contributed by atoms with van der Waals surface area (Å²) in [5.41, 5.74) is 17.9. The molecule has 17 rings (SSSR count). The number of nitrogens with zero attached hydrogens (tertiary/aromatic N) is 8. The van der Waals surface area contributed by atoms with Crippen LogP contribution < -0.4 is 4.74 Å². The van der Waals surface area contributed by atoms with Gasteiger partial charge in [0.25, 0.3) is 0 Å². The first-order chi connectivity index (χ1) is 61.7. The Morgan fingerprint density at radius 1 is 0.339 bits per heavy atom. The van der Waals surface area contributed by atoms with E-state index in [-0.39, 0.29) is 23.1 Å². The molecule has 0 saturated carbocycles. The van der Waals surface area contributed by atoms with Crippen molar-refractivity contribution < 1.29 is 23.9 Å². The summed E-state index contributed by atoms with van der Waals surface area (Å²) in [6, 6.07) is 67.7. The highest BCUT2D eigenvalue weighted by atomic mass is 35.5. The van der Waals surface area contributed by atoms with Crippen LogP contribution in [0.1, 0.15) is 184 Å². The molecule has 4 atom stereocenters. The van der Waals surface area contributed by atoms with Crippen LogP contribution in [0, 0.1) is 37.5 Å². The summed E-state index contributed by atoms with van der Waals surface area (Å²) >= 11 is 25.5. The number of para-hydroxylation sites is 4. The van der Waals surface area contributed by atoms with Gasteiger partial charge in [0, 0.05) is 147 Å². The van der Waals surface area contributed by atoms with Gasteiger partial charge < -0.3 is 42.6 Å². The second-order valence-electron chi connectivity index (χ2n) is 36.1. The highest BCUT2D eigenvalue weighted by Crippen LogP contribution is 2.36. The minimum Gasteiger partial charge on any atom is -0.495 e. The fourth-order valence-corrected chi connectivity index (χ4v) is 21.4. The van der Waals surface area contributed by atoms with Gasteiger partial charge in [-0.1, -0.05) is 223 Å². The lowest BCUT2D eigenvalue weighted by molar-refractivity contribution is 0.0989. The normalized spacial score (nSPS) is 17.0. The smallest absolute Gasteiger partial charge is 0.169 e. The molecule has 4 aromatic heterocycles. The Bertz CT molecular complexity index is 5880. The number of likely N-dealkylation sites (tertiary alicyclic amines) is 4. The molecule has 0 aliphatic carbocycles. The molecular formula is C110H128Cl4N8O5. The number of carbonyl (C=O) groups is 4. The maximum absolute atomic E-state index is 13.3. The molecule has 0 bridgehead atoms. The average Bonchev–Trinajstić information content (AvgIpc) is 1.17. The van der Waals surface area contributed by atoms with E-state index in [4.69, 9.17) is 51.1 Å². The van der Waals surface area contributed by atoms with Gasteiger partial charge >= 0.3 is 0 Å². The van der Waals surface area contributed by atoms with Crippen molar-refractivity contribution in [1.29, 1.82) is 0 Å². The third-order valence-corrected chi connectivity index (χ3v) is 28.3. The number of ketones is 4. The van der Waals surface area contributed by atoms with Crippen molar-refractivity contribution in [2.24, 2.45) is 23.7 Å². The van der Waals surface area contributed by atoms with E-state index in [1.807, 2.05) is 122 Å². The minimum atomic E-state index is 0.140. The van der Waals surface area contributed by atoms with Crippen molar-refractivity contribution in [1.82, 2.24) is 37.9 Å². The van der Waals surface area contributed by atoms with Crippen LogP contribution in [0.2, 0.25) is 20.1 Å². The maximum atomic E-state index is 13.3. The molecule has 4 fully saturated rings. The molecule has 0 N–H and O–H groups in total. The van der Waals surface area contributed by atoms with Gasteiger partial charge in [0.1, 0.15) is 5.75 Å². The summed E-state index contributed by atoms with van der Waals surface area (Å²) < 4.78 is 14.8. The van der Waals surface area contributed by atoms with Crippen LogP contribution in [0.3, 0.4) is 0 Å². The number of methoxy groups -OCH3 is 1. The molecule has 13 aromatic rings.